The van der Waals surface area contributed by atoms with E-state index in [1.54, 1.807) is 0 Å². The number of hydrogen-bond donors (Lipinski definition) is 1. The third-order valence-corrected chi connectivity index (χ3v) is 1.71. The smallest absolute Gasteiger partial charge is 0.183 e. The topological polar surface area (TPSA) is 0 Å². The van der Waals surface area contributed by atoms with Crippen LogP contribution in [0.4, 0.5) is 8.78 Å². The first kappa shape index (κ1) is 8.81. The summed E-state index contributed by atoms with van der Waals surface area (Å²) < 4.78 is 24.7. The molecule has 0 unspecified atom stereocenters. The number of halogens is 3. The Kier molecular flexibility index (Phi) is 2.40. The maximum Gasteiger partial charge on any atom is 0.348 e. The molecule has 0 radical (unpaired) electrons. The number of benzene rings is 1. The standard InChI is InChI=1S/C7H5ClF2S/c8-7(9,10)5-1-3-6(11)4-2-5/h1-4,11H. The van der Waals surface area contributed by atoms with E-state index in [1.807, 2.05) is 0 Å². The quantitative estimate of drug-likeness (QED) is 0.515. The Labute approximate surface area is 73.6 Å². The van der Waals surface area contributed by atoms with Crippen molar-refractivity contribution >= 4 is 24.2 Å². The van der Waals surface area contributed by atoms with Crippen molar-refractivity contribution in [2.75, 3.05) is 0 Å². The molecular weight excluding hydrogens is 190 g/mol. The molecule has 0 saturated heterocycles. The van der Waals surface area contributed by atoms with E-state index in [9.17, 15) is 8.78 Å². The van der Waals surface area contributed by atoms with Crippen molar-refractivity contribution in [2.45, 2.75) is 10.3 Å². The number of alkyl halides is 3. The molecule has 1 aromatic rings. The van der Waals surface area contributed by atoms with Crippen LogP contribution in [0.5, 0.6) is 0 Å². The second-order valence-electron chi connectivity index (χ2n) is 2.04. The van der Waals surface area contributed by atoms with Crippen LogP contribution in [-0.4, -0.2) is 0 Å². The van der Waals surface area contributed by atoms with Gasteiger partial charge in [0.1, 0.15) is 0 Å². The van der Waals surface area contributed by atoms with Crippen LogP contribution in [0.3, 0.4) is 0 Å². The van der Waals surface area contributed by atoms with Gasteiger partial charge >= 0.3 is 5.38 Å². The van der Waals surface area contributed by atoms with Gasteiger partial charge in [-0.3, -0.25) is 0 Å². The van der Waals surface area contributed by atoms with Crippen LogP contribution in [-0.2, 0) is 5.38 Å². The third kappa shape index (κ3) is 2.34. The molecule has 4 heteroatoms. The van der Waals surface area contributed by atoms with E-state index in [0.29, 0.717) is 4.90 Å². The Balaban J connectivity index is 2.99. The summed E-state index contributed by atoms with van der Waals surface area (Å²) in [7, 11) is 0. The molecule has 0 spiro atoms. The van der Waals surface area contributed by atoms with Crippen molar-refractivity contribution in [3.8, 4) is 0 Å². The van der Waals surface area contributed by atoms with E-state index in [0.717, 1.165) is 0 Å². The lowest BCUT2D eigenvalue weighted by molar-refractivity contribution is 0.0951. The van der Waals surface area contributed by atoms with E-state index in [1.165, 1.54) is 24.3 Å². The Bertz CT molecular complexity index is 240. The lowest BCUT2D eigenvalue weighted by Crippen LogP contribution is -2.01. The highest BCUT2D eigenvalue weighted by atomic mass is 35.5. The molecule has 0 heterocycles. The largest absolute Gasteiger partial charge is 0.348 e. The summed E-state index contributed by atoms with van der Waals surface area (Å²) in [6, 6.07) is 5.42. The summed E-state index contributed by atoms with van der Waals surface area (Å²) in [5.74, 6) is 0. The maximum atomic E-state index is 12.3. The summed E-state index contributed by atoms with van der Waals surface area (Å²) in [5.41, 5.74) is -0.211. The molecule has 11 heavy (non-hydrogen) atoms. The minimum absolute atomic E-state index is 0.211. The van der Waals surface area contributed by atoms with E-state index >= 15 is 0 Å². The van der Waals surface area contributed by atoms with Crippen molar-refractivity contribution in [1.29, 1.82) is 0 Å². The summed E-state index contributed by atoms with van der Waals surface area (Å²) in [6.45, 7) is 0. The fraction of sp³-hybridized carbons (Fsp3) is 0.143. The minimum Gasteiger partial charge on any atom is -0.183 e. The molecule has 60 valence electrons. The molecule has 0 bridgehead atoms. The maximum absolute atomic E-state index is 12.3. The molecule has 0 amide bonds. The van der Waals surface area contributed by atoms with Gasteiger partial charge in [-0.05, 0) is 23.7 Å². The third-order valence-electron chi connectivity index (χ3n) is 1.19. The second-order valence-corrected chi connectivity index (χ2v) is 3.04. The Morgan fingerprint density at radius 1 is 1.18 bits per heavy atom. The van der Waals surface area contributed by atoms with Gasteiger partial charge in [-0.15, -0.1) is 12.6 Å². The van der Waals surface area contributed by atoms with Gasteiger partial charge in [0.05, 0.1) is 0 Å². The van der Waals surface area contributed by atoms with Crippen LogP contribution in [0.1, 0.15) is 5.56 Å². The van der Waals surface area contributed by atoms with E-state index in [2.05, 4.69) is 12.6 Å². The van der Waals surface area contributed by atoms with Crippen LogP contribution < -0.4 is 0 Å². The van der Waals surface area contributed by atoms with Crippen molar-refractivity contribution in [3.63, 3.8) is 0 Å². The molecule has 0 nitrogen and oxygen atoms in total. The molecule has 1 aromatic carbocycles. The molecule has 0 aromatic heterocycles. The molecule has 0 saturated carbocycles. The van der Waals surface area contributed by atoms with Crippen LogP contribution in [0.2, 0.25) is 0 Å². The van der Waals surface area contributed by atoms with Crippen LogP contribution in [0.25, 0.3) is 0 Å². The van der Waals surface area contributed by atoms with Crippen LogP contribution >= 0.6 is 24.2 Å². The first-order chi connectivity index (χ1) is 5.00. The highest BCUT2D eigenvalue weighted by Crippen LogP contribution is 2.32. The van der Waals surface area contributed by atoms with Crippen LogP contribution in [0, 0.1) is 0 Å². The van der Waals surface area contributed by atoms with Gasteiger partial charge in [0.2, 0.25) is 0 Å². The fourth-order valence-electron chi connectivity index (χ4n) is 0.650. The van der Waals surface area contributed by atoms with Crippen LogP contribution in [0.15, 0.2) is 29.2 Å². The predicted octanol–water partition coefficient (Wildman–Crippen LogP) is 3.26. The minimum atomic E-state index is -3.28. The number of thiol groups is 1. The first-order valence-electron chi connectivity index (χ1n) is 2.86. The van der Waals surface area contributed by atoms with E-state index in [4.69, 9.17) is 11.6 Å². The first-order valence-corrected chi connectivity index (χ1v) is 3.69. The van der Waals surface area contributed by atoms with Gasteiger partial charge in [0.15, 0.2) is 0 Å². The van der Waals surface area contributed by atoms with Gasteiger partial charge in [-0.2, -0.15) is 8.78 Å². The van der Waals surface area contributed by atoms with Gasteiger partial charge in [-0.1, -0.05) is 12.1 Å². The number of hydrogen-bond acceptors (Lipinski definition) is 1. The number of rotatable bonds is 1. The fourth-order valence-corrected chi connectivity index (χ4v) is 0.925. The normalized spacial score (nSPS) is 11.6. The monoisotopic (exact) mass is 194 g/mol. The van der Waals surface area contributed by atoms with Crippen molar-refractivity contribution in [3.05, 3.63) is 29.8 Å². The van der Waals surface area contributed by atoms with Crippen molar-refractivity contribution in [2.24, 2.45) is 0 Å². The molecule has 0 aliphatic heterocycles. The molecule has 0 aliphatic carbocycles. The predicted molar refractivity (Wildman–Crippen MR) is 43.4 cm³/mol. The SMILES string of the molecule is FC(F)(Cl)c1ccc(S)cc1. The highest BCUT2D eigenvalue weighted by Gasteiger charge is 2.26. The average molecular weight is 195 g/mol. The zero-order valence-electron chi connectivity index (χ0n) is 5.39. The van der Waals surface area contributed by atoms with E-state index < -0.39 is 5.38 Å². The molecule has 0 fully saturated rings. The molecule has 0 aliphatic rings. The highest BCUT2D eigenvalue weighted by molar-refractivity contribution is 7.80. The molecular formula is C7H5ClF2S. The van der Waals surface area contributed by atoms with Crippen molar-refractivity contribution < 1.29 is 8.78 Å². The lowest BCUT2D eigenvalue weighted by Gasteiger charge is -2.06. The van der Waals surface area contributed by atoms with Gasteiger partial charge in [-0.25, -0.2) is 0 Å². The zero-order valence-corrected chi connectivity index (χ0v) is 7.04. The summed E-state index contributed by atoms with van der Waals surface area (Å²) in [5, 5.41) is -3.28. The summed E-state index contributed by atoms with van der Waals surface area (Å²) >= 11 is 8.69. The second kappa shape index (κ2) is 2.99. The van der Waals surface area contributed by atoms with Gasteiger partial charge < -0.3 is 0 Å². The zero-order chi connectivity index (χ0) is 8.48. The van der Waals surface area contributed by atoms with Crippen molar-refractivity contribution in [1.82, 2.24) is 0 Å². The Morgan fingerprint density at radius 3 is 2.00 bits per heavy atom. The Hall–Kier alpha value is -0.280. The summed E-state index contributed by atoms with van der Waals surface area (Å²) in [6.07, 6.45) is 0. The molecule has 1 rings (SSSR count). The average Bonchev–Trinajstić information content (AvgIpc) is 1.86. The molecule has 0 atom stereocenters. The Morgan fingerprint density at radius 2 is 1.64 bits per heavy atom. The van der Waals surface area contributed by atoms with Gasteiger partial charge in [0, 0.05) is 10.5 Å². The van der Waals surface area contributed by atoms with Gasteiger partial charge in [0.25, 0.3) is 0 Å². The lowest BCUT2D eigenvalue weighted by atomic mass is 10.2. The van der Waals surface area contributed by atoms with E-state index in [-0.39, 0.29) is 5.56 Å². The summed E-state index contributed by atoms with van der Waals surface area (Å²) in [4.78, 5) is 0.634. The molecule has 0 N–H and O–H groups in total.